The van der Waals surface area contributed by atoms with Gasteiger partial charge in [-0.2, -0.15) is 0 Å². The van der Waals surface area contributed by atoms with E-state index < -0.39 is 0 Å². The van der Waals surface area contributed by atoms with Crippen molar-refractivity contribution in [3.8, 4) is 11.3 Å². The summed E-state index contributed by atoms with van der Waals surface area (Å²) < 4.78 is 1.90. The third-order valence-electron chi connectivity index (χ3n) is 2.98. The van der Waals surface area contributed by atoms with Crippen LogP contribution in [-0.2, 0) is 0 Å². The van der Waals surface area contributed by atoms with Crippen LogP contribution in [0.5, 0.6) is 0 Å². The molecule has 0 amide bonds. The van der Waals surface area contributed by atoms with Crippen LogP contribution in [0.15, 0.2) is 49.4 Å². The molecular weight excluding hydrogens is 238 g/mol. The molecule has 0 aliphatic heterocycles. The number of imidazole rings is 1. The van der Waals surface area contributed by atoms with Crippen LogP contribution in [0.2, 0.25) is 0 Å². The lowest BCUT2D eigenvalue weighted by molar-refractivity contribution is 1.14. The van der Waals surface area contributed by atoms with Gasteiger partial charge in [-0.25, -0.2) is 9.97 Å². The van der Waals surface area contributed by atoms with E-state index in [1.165, 1.54) is 0 Å². The first kappa shape index (κ1) is 11.3. The minimum Gasteiger partial charge on any atom is -0.399 e. The highest BCUT2D eigenvalue weighted by Crippen LogP contribution is 2.23. The highest BCUT2D eigenvalue weighted by Gasteiger charge is 2.08. The largest absolute Gasteiger partial charge is 0.399 e. The summed E-state index contributed by atoms with van der Waals surface area (Å²) in [6, 6.07) is 7.80. The average Bonchev–Trinajstić information content (AvgIpc) is 2.89. The first-order valence-corrected chi connectivity index (χ1v) is 5.79. The second-order valence-electron chi connectivity index (χ2n) is 4.26. The molecule has 0 radical (unpaired) electrons. The molecule has 3 aromatic rings. The Labute approximate surface area is 110 Å². The molecule has 0 spiro atoms. The van der Waals surface area contributed by atoms with E-state index in [9.17, 15) is 0 Å². The van der Waals surface area contributed by atoms with Crippen molar-refractivity contribution in [1.29, 1.82) is 0 Å². The fourth-order valence-electron chi connectivity index (χ4n) is 2.03. The van der Waals surface area contributed by atoms with Crippen LogP contribution in [0.4, 0.5) is 5.82 Å². The van der Waals surface area contributed by atoms with Gasteiger partial charge < -0.3 is 11.5 Å². The van der Waals surface area contributed by atoms with E-state index in [2.05, 4.69) is 16.5 Å². The third kappa shape index (κ3) is 1.81. The van der Waals surface area contributed by atoms with Crippen LogP contribution in [-0.4, -0.2) is 14.4 Å². The Hall–Kier alpha value is -2.82. The van der Waals surface area contributed by atoms with Crippen molar-refractivity contribution in [3.05, 3.63) is 55.0 Å². The second kappa shape index (κ2) is 4.13. The van der Waals surface area contributed by atoms with E-state index in [1.54, 1.807) is 12.4 Å². The Kier molecular flexibility index (Phi) is 2.45. The molecule has 0 aliphatic carbocycles. The lowest BCUT2D eigenvalue weighted by Crippen LogP contribution is -2.00. The number of rotatable bonds is 2. The molecule has 0 saturated carbocycles. The van der Waals surface area contributed by atoms with Gasteiger partial charge in [-0.1, -0.05) is 24.8 Å². The number of benzene rings is 1. The molecule has 2 aromatic heterocycles. The van der Waals surface area contributed by atoms with Gasteiger partial charge in [0.05, 0.1) is 11.9 Å². The lowest BCUT2D eigenvalue weighted by Gasteiger charge is -2.08. The van der Waals surface area contributed by atoms with E-state index in [1.807, 2.05) is 34.9 Å². The lowest BCUT2D eigenvalue weighted by atomic mass is 10.1. The normalized spacial score (nSPS) is 10.7. The van der Waals surface area contributed by atoms with E-state index >= 15 is 0 Å². The number of fused-ring (bicyclic) bond motifs is 1. The van der Waals surface area contributed by atoms with E-state index in [0.29, 0.717) is 17.2 Å². The van der Waals surface area contributed by atoms with Crippen molar-refractivity contribution in [2.45, 2.75) is 0 Å². The van der Waals surface area contributed by atoms with Gasteiger partial charge in [0.2, 0.25) is 0 Å². The highest BCUT2D eigenvalue weighted by atomic mass is 15.1. The number of aromatic nitrogens is 3. The van der Waals surface area contributed by atoms with Gasteiger partial charge in [0, 0.05) is 23.7 Å². The maximum absolute atomic E-state index is 5.80. The van der Waals surface area contributed by atoms with Crippen LogP contribution in [0, 0.1) is 0 Å². The van der Waals surface area contributed by atoms with Crippen LogP contribution in [0.3, 0.4) is 0 Å². The zero-order valence-electron chi connectivity index (χ0n) is 10.2. The predicted octanol–water partition coefficient (Wildman–Crippen LogP) is 1.91. The summed E-state index contributed by atoms with van der Waals surface area (Å²) in [4.78, 5) is 8.37. The summed E-state index contributed by atoms with van der Waals surface area (Å²) in [5, 5.41) is 0. The molecule has 19 heavy (non-hydrogen) atoms. The Morgan fingerprint density at radius 2 is 2.11 bits per heavy atom. The van der Waals surface area contributed by atoms with Crippen LogP contribution >= 0.6 is 0 Å². The molecule has 0 fully saturated rings. The second-order valence-corrected chi connectivity index (χ2v) is 4.26. The van der Waals surface area contributed by atoms with E-state index in [-0.39, 0.29) is 0 Å². The fraction of sp³-hybridized carbons (Fsp3) is 0. The minimum atomic E-state index is 0.410. The predicted molar refractivity (Wildman–Crippen MR) is 76.1 cm³/mol. The average molecular weight is 251 g/mol. The Morgan fingerprint density at radius 1 is 1.26 bits per heavy atom. The summed E-state index contributed by atoms with van der Waals surface area (Å²) in [6.45, 7) is 3.75. The van der Waals surface area contributed by atoms with Gasteiger partial charge in [-0.15, -0.1) is 0 Å². The number of nitrogens with zero attached hydrogens (tertiary/aromatic N) is 3. The Bertz CT molecular complexity index is 772. The molecule has 0 atom stereocenters. The fourth-order valence-corrected chi connectivity index (χ4v) is 2.03. The molecule has 0 aliphatic rings. The van der Waals surface area contributed by atoms with Gasteiger partial charge in [-0.05, 0) is 11.6 Å². The summed E-state index contributed by atoms with van der Waals surface area (Å²) in [6.07, 6.45) is 5.28. The number of hydrogen-bond acceptors (Lipinski definition) is 4. The first-order valence-electron chi connectivity index (χ1n) is 5.79. The monoisotopic (exact) mass is 251 g/mol. The van der Waals surface area contributed by atoms with Gasteiger partial charge in [0.25, 0.3) is 0 Å². The molecule has 1 aromatic carbocycles. The number of nitrogen functional groups attached to an aromatic ring is 1. The first-order chi connectivity index (χ1) is 9.16. The van der Waals surface area contributed by atoms with Crippen molar-refractivity contribution < 1.29 is 0 Å². The van der Waals surface area contributed by atoms with Crippen LogP contribution < -0.4 is 11.5 Å². The van der Waals surface area contributed by atoms with Gasteiger partial charge in [0.15, 0.2) is 11.5 Å². The van der Waals surface area contributed by atoms with Gasteiger partial charge >= 0.3 is 0 Å². The molecule has 94 valence electrons. The summed E-state index contributed by atoms with van der Waals surface area (Å²) in [5.74, 6) is 0.410. The zero-order valence-corrected chi connectivity index (χ0v) is 10.2. The van der Waals surface area contributed by atoms with Gasteiger partial charge in [-0.3, -0.25) is 4.40 Å². The molecule has 5 heteroatoms. The van der Waals surface area contributed by atoms with Crippen molar-refractivity contribution in [2.24, 2.45) is 5.73 Å². The molecule has 4 N–H and O–H groups in total. The summed E-state index contributed by atoms with van der Waals surface area (Å²) in [7, 11) is 0. The smallest absolute Gasteiger partial charge is 0.180 e. The third-order valence-corrected chi connectivity index (χ3v) is 2.98. The number of nitrogens with two attached hydrogens (primary N) is 2. The number of anilines is 1. The molecule has 5 nitrogen and oxygen atoms in total. The maximum Gasteiger partial charge on any atom is 0.180 e. The molecule has 2 heterocycles. The van der Waals surface area contributed by atoms with E-state index in [0.717, 1.165) is 16.8 Å². The highest BCUT2D eigenvalue weighted by molar-refractivity contribution is 5.72. The molecule has 0 bridgehead atoms. The molecular formula is C14H13N5. The van der Waals surface area contributed by atoms with Gasteiger partial charge in [0.1, 0.15) is 0 Å². The van der Waals surface area contributed by atoms with Crippen molar-refractivity contribution in [3.63, 3.8) is 0 Å². The molecule has 3 rings (SSSR count). The summed E-state index contributed by atoms with van der Waals surface area (Å²) >= 11 is 0. The zero-order chi connectivity index (χ0) is 13.4. The quantitative estimate of drug-likeness (QED) is 0.728. The standard InChI is InChI=1S/C14H13N5/c1-9(15)10-3-2-4-11(7-10)12-8-18-13(16)14-17-5-6-19(12)14/h2-8H,1,15H2,(H2,16,18). The number of hydrogen-bond donors (Lipinski definition) is 2. The van der Waals surface area contributed by atoms with E-state index in [4.69, 9.17) is 11.5 Å². The molecule has 0 saturated heterocycles. The van der Waals surface area contributed by atoms with Crippen molar-refractivity contribution in [1.82, 2.24) is 14.4 Å². The Morgan fingerprint density at radius 3 is 2.89 bits per heavy atom. The van der Waals surface area contributed by atoms with Crippen molar-refractivity contribution in [2.75, 3.05) is 5.73 Å². The maximum atomic E-state index is 5.80. The van der Waals surface area contributed by atoms with Crippen LogP contribution in [0.25, 0.3) is 22.6 Å². The molecule has 0 unspecified atom stereocenters. The summed E-state index contributed by atoms with van der Waals surface area (Å²) in [5.41, 5.74) is 15.5. The Balaban J connectivity index is 2.25. The SMILES string of the molecule is C=C(N)c1cccc(-c2cnc(N)c3nccn23)c1. The van der Waals surface area contributed by atoms with Crippen LogP contribution in [0.1, 0.15) is 5.56 Å². The minimum absolute atomic E-state index is 0.410. The topological polar surface area (TPSA) is 82.2 Å². The van der Waals surface area contributed by atoms with Crippen molar-refractivity contribution >= 4 is 17.2 Å².